The molecule has 0 amide bonds. The van der Waals surface area contributed by atoms with Crippen molar-refractivity contribution in [2.75, 3.05) is 6.54 Å². The number of hydrogen-bond donors (Lipinski definition) is 1. The van der Waals surface area contributed by atoms with E-state index in [-0.39, 0.29) is 5.38 Å². The summed E-state index contributed by atoms with van der Waals surface area (Å²) in [5, 5.41) is 4.97. The minimum atomic E-state index is 0.290. The molecule has 2 aromatic rings. The molecule has 2 nitrogen and oxygen atoms in total. The van der Waals surface area contributed by atoms with Gasteiger partial charge in [0.05, 0.1) is 5.52 Å². The van der Waals surface area contributed by atoms with Crippen molar-refractivity contribution in [3.05, 3.63) is 42.1 Å². The maximum Gasteiger partial charge on any atom is 0.0705 e. The number of hydrogen-bond acceptors (Lipinski definition) is 2. The van der Waals surface area contributed by atoms with Crippen LogP contribution in [-0.4, -0.2) is 16.9 Å². The third kappa shape index (κ3) is 2.65. The van der Waals surface area contributed by atoms with Gasteiger partial charge in [-0.25, -0.2) is 0 Å². The van der Waals surface area contributed by atoms with Crippen LogP contribution in [0.2, 0.25) is 0 Å². The van der Waals surface area contributed by atoms with Crippen LogP contribution in [0, 0.1) is 5.92 Å². The molecule has 1 N–H and O–H groups in total. The van der Waals surface area contributed by atoms with Crippen molar-refractivity contribution in [2.24, 2.45) is 5.92 Å². The molecule has 1 aromatic carbocycles. The van der Waals surface area contributed by atoms with Crippen molar-refractivity contribution in [3.8, 4) is 0 Å². The summed E-state index contributed by atoms with van der Waals surface area (Å²) in [4.78, 5) is 4.37. The zero-order valence-electron chi connectivity index (χ0n) is 10.3. The third-order valence-electron chi connectivity index (χ3n) is 3.53. The molecular formula is C15H17ClN2. The molecule has 94 valence electrons. The molecule has 3 rings (SSSR count). The first-order valence-corrected chi connectivity index (χ1v) is 6.95. The fourth-order valence-electron chi connectivity index (χ4n) is 2.28. The molecule has 3 heteroatoms. The number of halogens is 1. The van der Waals surface area contributed by atoms with Gasteiger partial charge >= 0.3 is 0 Å². The van der Waals surface area contributed by atoms with Crippen LogP contribution in [0.15, 0.2) is 36.5 Å². The SMILES string of the molecule is ClC(CNCc1ccnc2ccccc12)C1CC1. The van der Waals surface area contributed by atoms with Crippen LogP contribution >= 0.6 is 11.6 Å². The van der Waals surface area contributed by atoms with Crippen LogP contribution in [0.25, 0.3) is 10.9 Å². The quantitative estimate of drug-likeness (QED) is 0.834. The standard InChI is InChI=1S/C15H17ClN2/c16-14(11-5-6-11)10-17-9-12-7-8-18-15-4-2-1-3-13(12)15/h1-4,7-8,11,14,17H,5-6,9-10H2. The van der Waals surface area contributed by atoms with Gasteiger partial charge in [0.15, 0.2) is 0 Å². The van der Waals surface area contributed by atoms with E-state index in [1.807, 2.05) is 18.3 Å². The number of nitrogens with one attached hydrogen (secondary N) is 1. The lowest BCUT2D eigenvalue weighted by Crippen LogP contribution is -2.24. The normalized spacial score (nSPS) is 16.9. The highest BCUT2D eigenvalue weighted by molar-refractivity contribution is 6.21. The summed E-state index contributed by atoms with van der Waals surface area (Å²) >= 11 is 6.29. The third-order valence-corrected chi connectivity index (χ3v) is 4.04. The monoisotopic (exact) mass is 260 g/mol. The first-order valence-electron chi connectivity index (χ1n) is 6.52. The summed E-state index contributed by atoms with van der Waals surface area (Å²) in [7, 11) is 0. The second kappa shape index (κ2) is 5.25. The van der Waals surface area contributed by atoms with Gasteiger partial charge in [-0.15, -0.1) is 11.6 Å². The molecule has 0 radical (unpaired) electrons. The van der Waals surface area contributed by atoms with Crippen molar-refractivity contribution in [3.63, 3.8) is 0 Å². The number of pyridine rings is 1. The molecule has 1 unspecified atom stereocenters. The van der Waals surface area contributed by atoms with E-state index >= 15 is 0 Å². The number of fused-ring (bicyclic) bond motifs is 1. The second-order valence-electron chi connectivity index (χ2n) is 4.97. The van der Waals surface area contributed by atoms with Crippen LogP contribution in [-0.2, 0) is 6.54 Å². The molecule has 1 aliphatic carbocycles. The topological polar surface area (TPSA) is 24.9 Å². The fourth-order valence-corrected chi connectivity index (χ4v) is 2.64. The van der Waals surface area contributed by atoms with E-state index in [9.17, 15) is 0 Å². The molecule has 1 aliphatic rings. The van der Waals surface area contributed by atoms with Gasteiger partial charge in [-0.3, -0.25) is 4.98 Å². The lowest BCUT2D eigenvalue weighted by molar-refractivity contribution is 0.621. The van der Waals surface area contributed by atoms with E-state index in [0.717, 1.165) is 24.5 Å². The number of para-hydroxylation sites is 1. The van der Waals surface area contributed by atoms with Gasteiger partial charge in [-0.2, -0.15) is 0 Å². The molecule has 1 saturated carbocycles. The van der Waals surface area contributed by atoms with Gasteiger partial charge in [0.25, 0.3) is 0 Å². The Hall–Kier alpha value is -1.12. The number of alkyl halides is 1. The van der Waals surface area contributed by atoms with Crippen molar-refractivity contribution < 1.29 is 0 Å². The smallest absolute Gasteiger partial charge is 0.0705 e. The largest absolute Gasteiger partial charge is 0.311 e. The highest BCUT2D eigenvalue weighted by Gasteiger charge is 2.29. The summed E-state index contributed by atoms with van der Waals surface area (Å²) in [6.07, 6.45) is 4.47. The maximum absolute atomic E-state index is 6.29. The highest BCUT2D eigenvalue weighted by atomic mass is 35.5. The molecule has 18 heavy (non-hydrogen) atoms. The molecule has 0 spiro atoms. The molecule has 1 atom stereocenters. The summed E-state index contributed by atoms with van der Waals surface area (Å²) in [5.41, 5.74) is 2.35. The van der Waals surface area contributed by atoms with E-state index < -0.39 is 0 Å². The van der Waals surface area contributed by atoms with Crippen molar-refractivity contribution in [2.45, 2.75) is 24.8 Å². The lowest BCUT2D eigenvalue weighted by Gasteiger charge is -2.11. The highest BCUT2D eigenvalue weighted by Crippen LogP contribution is 2.35. The second-order valence-corrected chi connectivity index (χ2v) is 5.53. The number of nitrogens with zero attached hydrogens (tertiary/aromatic N) is 1. The lowest BCUT2D eigenvalue weighted by atomic mass is 10.1. The summed E-state index contributed by atoms with van der Waals surface area (Å²) < 4.78 is 0. The summed E-state index contributed by atoms with van der Waals surface area (Å²) in [6.45, 7) is 1.75. The Morgan fingerprint density at radius 1 is 1.28 bits per heavy atom. The molecule has 1 aromatic heterocycles. The Morgan fingerprint density at radius 3 is 2.94 bits per heavy atom. The van der Waals surface area contributed by atoms with Crippen molar-refractivity contribution in [1.82, 2.24) is 10.3 Å². The molecule has 0 saturated heterocycles. The Kier molecular flexibility index (Phi) is 3.48. The molecule has 0 bridgehead atoms. The minimum Gasteiger partial charge on any atom is -0.311 e. The first-order chi connectivity index (χ1) is 8.84. The Labute approximate surface area is 112 Å². The Morgan fingerprint density at radius 2 is 2.11 bits per heavy atom. The predicted molar refractivity (Wildman–Crippen MR) is 75.8 cm³/mol. The van der Waals surface area contributed by atoms with Crippen LogP contribution in [0.3, 0.4) is 0 Å². The van der Waals surface area contributed by atoms with E-state index in [1.54, 1.807) is 0 Å². The van der Waals surface area contributed by atoms with Gasteiger partial charge in [0, 0.05) is 30.0 Å². The fraction of sp³-hybridized carbons (Fsp3) is 0.400. The van der Waals surface area contributed by atoms with Gasteiger partial charge in [0.1, 0.15) is 0 Å². The predicted octanol–water partition coefficient (Wildman–Crippen LogP) is 3.34. The van der Waals surface area contributed by atoms with Crippen LogP contribution in [0.5, 0.6) is 0 Å². The molecule has 0 aliphatic heterocycles. The number of benzene rings is 1. The van der Waals surface area contributed by atoms with E-state index in [4.69, 9.17) is 11.6 Å². The molecule has 1 fully saturated rings. The number of aromatic nitrogens is 1. The van der Waals surface area contributed by atoms with Crippen LogP contribution in [0.1, 0.15) is 18.4 Å². The minimum absolute atomic E-state index is 0.290. The van der Waals surface area contributed by atoms with Gasteiger partial charge in [0.2, 0.25) is 0 Å². The Balaban J connectivity index is 1.66. The molecule has 1 heterocycles. The van der Waals surface area contributed by atoms with Crippen LogP contribution < -0.4 is 5.32 Å². The first kappa shape index (κ1) is 11.9. The van der Waals surface area contributed by atoms with Crippen molar-refractivity contribution >= 4 is 22.5 Å². The summed E-state index contributed by atoms with van der Waals surface area (Å²) in [6, 6.07) is 10.3. The maximum atomic E-state index is 6.29. The zero-order valence-corrected chi connectivity index (χ0v) is 11.0. The number of rotatable bonds is 5. The van der Waals surface area contributed by atoms with Gasteiger partial charge in [-0.1, -0.05) is 18.2 Å². The average Bonchev–Trinajstić information content (AvgIpc) is 3.23. The average molecular weight is 261 g/mol. The van der Waals surface area contributed by atoms with Crippen molar-refractivity contribution in [1.29, 1.82) is 0 Å². The van der Waals surface area contributed by atoms with E-state index in [2.05, 4.69) is 28.5 Å². The van der Waals surface area contributed by atoms with Crippen LogP contribution in [0.4, 0.5) is 0 Å². The Bertz CT molecular complexity index is 532. The van der Waals surface area contributed by atoms with E-state index in [1.165, 1.54) is 23.8 Å². The zero-order chi connectivity index (χ0) is 12.4. The summed E-state index contributed by atoms with van der Waals surface area (Å²) in [5.74, 6) is 0.744. The molecular weight excluding hydrogens is 244 g/mol. The van der Waals surface area contributed by atoms with E-state index in [0.29, 0.717) is 0 Å². The van der Waals surface area contributed by atoms with Gasteiger partial charge < -0.3 is 5.32 Å². The van der Waals surface area contributed by atoms with Gasteiger partial charge in [-0.05, 0) is 36.5 Å².